The fourth-order valence-corrected chi connectivity index (χ4v) is 3.91. The number of benzene rings is 2. The highest BCUT2D eigenvalue weighted by Crippen LogP contribution is 2.38. The van der Waals surface area contributed by atoms with Gasteiger partial charge in [0.15, 0.2) is 11.6 Å². The number of aliphatic hydroxyl groups excluding tert-OH is 2. The molecule has 1 aliphatic carbocycles. The number of carbonyl (C=O) groups is 2. The zero-order chi connectivity index (χ0) is 18.8. The Hall–Kier alpha value is -1.74. The lowest BCUT2D eigenvalue weighted by Crippen LogP contribution is -2.25. The van der Waals surface area contributed by atoms with Gasteiger partial charge in [-0.05, 0) is 24.3 Å². The van der Waals surface area contributed by atoms with Gasteiger partial charge in [-0.2, -0.15) is 0 Å². The van der Waals surface area contributed by atoms with Crippen molar-refractivity contribution < 1.29 is 19.8 Å². The highest BCUT2D eigenvalue weighted by Gasteiger charge is 2.34. The quantitative estimate of drug-likeness (QED) is 0.430. The molecule has 0 aliphatic heterocycles. The Morgan fingerprint density at radius 3 is 1.46 bits per heavy atom. The highest BCUT2D eigenvalue weighted by atomic mass is 79.9. The maximum Gasteiger partial charge on any atom is 0.196 e. The van der Waals surface area contributed by atoms with Crippen LogP contribution < -0.4 is 10.6 Å². The van der Waals surface area contributed by atoms with E-state index in [4.69, 9.17) is 10.2 Å². The Kier molecular flexibility index (Phi) is 5.76. The van der Waals surface area contributed by atoms with Crippen molar-refractivity contribution in [3.63, 3.8) is 0 Å². The van der Waals surface area contributed by atoms with Crippen molar-refractivity contribution in [2.45, 2.75) is 0 Å². The minimum Gasteiger partial charge on any atom is -0.395 e. The Morgan fingerprint density at radius 2 is 1.12 bits per heavy atom. The summed E-state index contributed by atoms with van der Waals surface area (Å²) >= 11 is 6.74. The van der Waals surface area contributed by atoms with Crippen LogP contribution in [-0.2, 0) is 0 Å². The minimum absolute atomic E-state index is 0.0964. The summed E-state index contributed by atoms with van der Waals surface area (Å²) in [5, 5.41) is 24.1. The fourth-order valence-electron chi connectivity index (χ4n) is 2.99. The number of hydrogen-bond acceptors (Lipinski definition) is 6. The lowest BCUT2D eigenvalue weighted by Gasteiger charge is -2.24. The van der Waals surface area contributed by atoms with E-state index in [-0.39, 0.29) is 37.9 Å². The van der Waals surface area contributed by atoms with E-state index in [9.17, 15) is 9.59 Å². The molecule has 6 nitrogen and oxygen atoms in total. The molecular formula is C18H16Br2N2O4. The molecule has 0 amide bonds. The molecule has 136 valence electrons. The lowest BCUT2D eigenvalue weighted by molar-refractivity contribution is 0.0980. The second-order valence-corrected chi connectivity index (χ2v) is 7.54. The fraction of sp³-hybridized carbons (Fsp3) is 0.222. The Bertz CT molecular complexity index is 826. The number of ketones is 2. The van der Waals surface area contributed by atoms with Gasteiger partial charge in [-0.15, -0.1) is 0 Å². The van der Waals surface area contributed by atoms with Crippen molar-refractivity contribution in [3.8, 4) is 0 Å². The number of fused-ring (bicyclic) bond motifs is 2. The summed E-state index contributed by atoms with van der Waals surface area (Å²) in [5.41, 5.74) is 2.18. The summed E-state index contributed by atoms with van der Waals surface area (Å²) in [5.74, 6) is -0.535. The van der Waals surface area contributed by atoms with E-state index in [1.165, 1.54) is 0 Å². The molecule has 2 aromatic carbocycles. The first-order valence-electron chi connectivity index (χ1n) is 7.94. The normalized spacial score (nSPS) is 12.6. The third-order valence-electron chi connectivity index (χ3n) is 4.00. The standard InChI is InChI=1S/C18H16Br2N2O4/c19-9-5-11-15(13(7-9)21-1-3-23)17(25)12-6-10(20)8-14(22-2-4-24)16(12)18(11)26/h5-8,21-24H,1-4H2. The van der Waals surface area contributed by atoms with Gasteiger partial charge < -0.3 is 20.8 Å². The van der Waals surface area contributed by atoms with Crippen LogP contribution in [0.2, 0.25) is 0 Å². The highest BCUT2D eigenvalue weighted by molar-refractivity contribution is 9.10. The molecule has 0 atom stereocenters. The second kappa shape index (κ2) is 7.87. The van der Waals surface area contributed by atoms with Gasteiger partial charge in [0.25, 0.3) is 0 Å². The first-order valence-corrected chi connectivity index (χ1v) is 9.52. The summed E-state index contributed by atoms with van der Waals surface area (Å²) in [6.45, 7) is 0.333. The van der Waals surface area contributed by atoms with E-state index in [1.807, 2.05) is 0 Å². The van der Waals surface area contributed by atoms with Crippen LogP contribution in [0.15, 0.2) is 33.2 Å². The van der Waals surface area contributed by atoms with Crippen LogP contribution in [0.4, 0.5) is 11.4 Å². The van der Waals surface area contributed by atoms with Gasteiger partial charge in [-0.1, -0.05) is 31.9 Å². The van der Waals surface area contributed by atoms with Crippen LogP contribution in [0.5, 0.6) is 0 Å². The second-order valence-electron chi connectivity index (χ2n) is 5.71. The number of hydrogen-bond donors (Lipinski definition) is 4. The molecule has 1 aliphatic rings. The molecule has 26 heavy (non-hydrogen) atoms. The summed E-state index contributed by atoms with van der Waals surface area (Å²) in [6.07, 6.45) is 0. The lowest BCUT2D eigenvalue weighted by atomic mass is 9.82. The Labute approximate surface area is 166 Å². The molecule has 0 saturated carbocycles. The van der Waals surface area contributed by atoms with Crippen molar-refractivity contribution >= 4 is 54.8 Å². The summed E-state index contributed by atoms with van der Waals surface area (Å²) < 4.78 is 1.31. The molecule has 0 radical (unpaired) electrons. The van der Waals surface area contributed by atoms with Gasteiger partial charge in [-0.25, -0.2) is 0 Å². The third-order valence-corrected chi connectivity index (χ3v) is 4.92. The summed E-state index contributed by atoms with van der Waals surface area (Å²) in [4.78, 5) is 26.3. The van der Waals surface area contributed by atoms with E-state index in [0.29, 0.717) is 42.6 Å². The van der Waals surface area contributed by atoms with Gasteiger partial charge >= 0.3 is 0 Å². The molecule has 8 heteroatoms. The molecule has 0 unspecified atom stereocenters. The van der Waals surface area contributed by atoms with Gasteiger partial charge in [0.1, 0.15) is 0 Å². The van der Waals surface area contributed by atoms with Crippen LogP contribution in [0.25, 0.3) is 0 Å². The number of anilines is 2. The van der Waals surface area contributed by atoms with Crippen molar-refractivity contribution in [1.29, 1.82) is 0 Å². The smallest absolute Gasteiger partial charge is 0.196 e. The first-order chi connectivity index (χ1) is 12.5. The average Bonchev–Trinajstić information content (AvgIpc) is 2.61. The number of nitrogens with one attached hydrogen (secondary N) is 2. The molecule has 0 fully saturated rings. The monoisotopic (exact) mass is 482 g/mol. The van der Waals surface area contributed by atoms with Crippen molar-refractivity contribution in [3.05, 3.63) is 55.5 Å². The van der Waals surface area contributed by atoms with Crippen molar-refractivity contribution in [2.24, 2.45) is 0 Å². The predicted octanol–water partition coefficient (Wildman–Crippen LogP) is 2.80. The van der Waals surface area contributed by atoms with E-state index in [1.54, 1.807) is 24.3 Å². The molecule has 0 heterocycles. The van der Waals surface area contributed by atoms with E-state index in [0.717, 1.165) is 0 Å². The minimum atomic E-state index is -0.268. The number of rotatable bonds is 6. The molecule has 3 rings (SSSR count). The summed E-state index contributed by atoms with van der Waals surface area (Å²) in [7, 11) is 0. The van der Waals surface area contributed by atoms with E-state index < -0.39 is 0 Å². The number of aliphatic hydroxyl groups is 2. The third kappa shape index (κ3) is 3.42. The number of carbonyl (C=O) groups excluding carboxylic acids is 2. The van der Waals surface area contributed by atoms with Crippen LogP contribution in [0.1, 0.15) is 31.8 Å². The Balaban J connectivity index is 2.20. The molecule has 2 aromatic rings. The Morgan fingerprint density at radius 1 is 0.731 bits per heavy atom. The SMILES string of the molecule is O=C1c2cc(Br)cc(NCCO)c2C(=O)c2cc(Br)cc(NCCO)c21. The predicted molar refractivity (Wildman–Crippen MR) is 106 cm³/mol. The summed E-state index contributed by atoms with van der Waals surface area (Å²) in [6, 6.07) is 6.68. The van der Waals surface area contributed by atoms with Gasteiger partial charge in [0.2, 0.25) is 0 Å². The maximum absolute atomic E-state index is 13.2. The van der Waals surface area contributed by atoms with E-state index >= 15 is 0 Å². The average molecular weight is 484 g/mol. The van der Waals surface area contributed by atoms with Crippen molar-refractivity contribution in [2.75, 3.05) is 36.9 Å². The van der Waals surface area contributed by atoms with Crippen molar-refractivity contribution in [1.82, 2.24) is 0 Å². The first kappa shape index (κ1) is 19.0. The molecule has 4 N–H and O–H groups in total. The molecule has 0 aromatic heterocycles. The van der Waals surface area contributed by atoms with Gasteiger partial charge in [-0.3, -0.25) is 9.59 Å². The van der Waals surface area contributed by atoms with Crippen LogP contribution in [0.3, 0.4) is 0 Å². The zero-order valence-corrected chi connectivity index (χ0v) is 16.8. The molecule has 0 saturated heterocycles. The van der Waals surface area contributed by atoms with Crippen LogP contribution >= 0.6 is 31.9 Å². The van der Waals surface area contributed by atoms with E-state index in [2.05, 4.69) is 42.5 Å². The van der Waals surface area contributed by atoms with Gasteiger partial charge in [0, 0.05) is 44.5 Å². The molecular weight excluding hydrogens is 468 g/mol. The largest absolute Gasteiger partial charge is 0.395 e. The van der Waals surface area contributed by atoms with Crippen LogP contribution in [0, 0.1) is 0 Å². The topological polar surface area (TPSA) is 98.7 Å². The van der Waals surface area contributed by atoms with Crippen LogP contribution in [-0.4, -0.2) is 48.1 Å². The molecule has 0 bridgehead atoms. The maximum atomic E-state index is 13.2. The number of halogens is 2. The zero-order valence-electron chi connectivity index (χ0n) is 13.6. The molecule has 0 spiro atoms. The van der Waals surface area contributed by atoms with Gasteiger partial charge in [0.05, 0.1) is 24.3 Å².